The summed E-state index contributed by atoms with van der Waals surface area (Å²) in [6.07, 6.45) is 0. The van der Waals surface area contributed by atoms with Crippen molar-refractivity contribution >= 4 is 58.3 Å². The minimum Gasteiger partial charge on any atom is -0.349 e. The van der Waals surface area contributed by atoms with Gasteiger partial charge in [0.25, 0.3) is 0 Å². The summed E-state index contributed by atoms with van der Waals surface area (Å²) in [5.41, 5.74) is 2.27. The van der Waals surface area contributed by atoms with Crippen molar-refractivity contribution in [1.82, 2.24) is 9.80 Å². The third kappa shape index (κ3) is 6.54. The Hall–Kier alpha value is -0.300. The highest BCUT2D eigenvalue weighted by molar-refractivity contribution is 8.11. The van der Waals surface area contributed by atoms with Gasteiger partial charge in [0.15, 0.2) is 0 Å². The average Bonchev–Trinajstić information content (AvgIpc) is 2.39. The predicted molar refractivity (Wildman–Crippen MR) is 120 cm³/mol. The molecule has 1 aromatic carbocycles. The zero-order chi connectivity index (χ0) is 18.7. The van der Waals surface area contributed by atoms with Gasteiger partial charge in [0.1, 0.15) is 8.64 Å². The number of benzene rings is 1. The Morgan fingerprint density at radius 3 is 1.42 bits per heavy atom. The van der Waals surface area contributed by atoms with Gasteiger partial charge < -0.3 is 9.80 Å². The Balaban J connectivity index is 3.02. The van der Waals surface area contributed by atoms with E-state index < -0.39 is 0 Å². The minimum absolute atomic E-state index is 0.0705. The third-order valence-corrected chi connectivity index (χ3v) is 4.68. The highest BCUT2D eigenvalue weighted by atomic mass is 32.1. The van der Waals surface area contributed by atoms with Crippen LogP contribution in [0.2, 0.25) is 0 Å². The highest BCUT2D eigenvalue weighted by Crippen LogP contribution is 2.23. The van der Waals surface area contributed by atoms with Crippen LogP contribution in [0.15, 0.2) is 24.3 Å². The van der Waals surface area contributed by atoms with Gasteiger partial charge >= 0.3 is 0 Å². The molecule has 0 saturated heterocycles. The molecule has 0 aromatic heterocycles. The monoisotopic (exact) mass is 400 g/mol. The summed E-state index contributed by atoms with van der Waals surface area (Å²) in [4.78, 5) is 4.24. The molecule has 0 N–H and O–H groups in total. The summed E-state index contributed by atoms with van der Waals surface area (Å²) in [5, 5.41) is 0. The van der Waals surface area contributed by atoms with Gasteiger partial charge in [-0.2, -0.15) is 0 Å². The Kier molecular flexibility index (Phi) is 7.60. The maximum atomic E-state index is 5.30. The molecule has 0 heterocycles. The largest absolute Gasteiger partial charge is 0.349 e. The van der Waals surface area contributed by atoms with Crippen molar-refractivity contribution in [3.63, 3.8) is 0 Å². The van der Waals surface area contributed by atoms with Gasteiger partial charge in [0.2, 0.25) is 0 Å². The Bertz CT molecular complexity index is 551. The van der Waals surface area contributed by atoms with Gasteiger partial charge in [-0.05, 0) is 52.7 Å². The van der Waals surface area contributed by atoms with Gasteiger partial charge in [0.05, 0.1) is 0 Å². The molecule has 0 aliphatic carbocycles. The fourth-order valence-electron chi connectivity index (χ4n) is 2.37. The Morgan fingerprint density at radius 2 is 1.17 bits per heavy atom. The van der Waals surface area contributed by atoms with Crippen LogP contribution >= 0.6 is 49.7 Å². The summed E-state index contributed by atoms with van der Waals surface area (Å²) >= 11 is 19.4. The number of rotatable bonds is 4. The predicted octanol–water partition coefficient (Wildman–Crippen LogP) is 5.32. The molecule has 0 unspecified atom stereocenters. The molecule has 0 radical (unpaired) electrons. The van der Waals surface area contributed by atoms with Crippen molar-refractivity contribution in [2.75, 3.05) is 0 Å². The first-order valence-electron chi connectivity index (χ1n) is 7.91. The van der Waals surface area contributed by atoms with E-state index in [1.807, 2.05) is 0 Å². The highest BCUT2D eigenvalue weighted by Gasteiger charge is 2.24. The van der Waals surface area contributed by atoms with Crippen LogP contribution in [0.4, 0.5) is 0 Å². The van der Waals surface area contributed by atoms with E-state index in [0.717, 1.165) is 13.1 Å². The fraction of sp³-hybridized carbons (Fsp3) is 0.556. The first-order chi connectivity index (χ1) is 10.8. The molecule has 0 saturated carbocycles. The molecule has 2 nitrogen and oxygen atoms in total. The number of thiol groups is 2. The van der Waals surface area contributed by atoms with Crippen molar-refractivity contribution < 1.29 is 0 Å². The topological polar surface area (TPSA) is 6.48 Å². The van der Waals surface area contributed by atoms with E-state index in [0.29, 0.717) is 8.64 Å². The smallest absolute Gasteiger partial charge is 0.134 e. The quantitative estimate of drug-likeness (QED) is 0.521. The maximum Gasteiger partial charge on any atom is 0.134 e. The second kappa shape index (κ2) is 8.39. The van der Waals surface area contributed by atoms with E-state index >= 15 is 0 Å². The summed E-state index contributed by atoms with van der Waals surface area (Å²) in [7, 11) is 0. The van der Waals surface area contributed by atoms with E-state index in [-0.39, 0.29) is 11.1 Å². The SMILES string of the molecule is CC(C)(C)N(Cc1cccc(CN(C(=S)S)C(C)(C)C)c1)C(=S)S. The molecule has 0 aliphatic rings. The standard InChI is InChI=1S/C18H28N2S4/c1-17(2,3)19(15(21)22)11-13-8-7-9-14(10-13)12-20(16(23)24)18(4,5)6/h7-10H,11-12H2,1-6H3,(H,21,22)(H,23,24). The Labute approximate surface area is 168 Å². The molecule has 0 amide bonds. The molecule has 24 heavy (non-hydrogen) atoms. The first kappa shape index (κ1) is 21.7. The molecule has 1 aromatic rings. The molecule has 0 spiro atoms. The van der Waals surface area contributed by atoms with Crippen LogP contribution < -0.4 is 0 Å². The van der Waals surface area contributed by atoms with E-state index in [1.54, 1.807) is 0 Å². The number of hydrogen-bond donors (Lipinski definition) is 2. The van der Waals surface area contributed by atoms with Gasteiger partial charge in [-0.25, -0.2) is 0 Å². The summed E-state index contributed by atoms with van der Waals surface area (Å²) in [6, 6.07) is 8.52. The van der Waals surface area contributed by atoms with Gasteiger partial charge in [-0.15, -0.1) is 25.3 Å². The lowest BCUT2D eigenvalue weighted by Gasteiger charge is -2.37. The summed E-state index contributed by atoms with van der Waals surface area (Å²) in [6.45, 7) is 14.3. The number of nitrogens with zero attached hydrogens (tertiary/aromatic N) is 2. The lowest BCUT2D eigenvalue weighted by Crippen LogP contribution is -2.43. The normalized spacial score (nSPS) is 12.0. The fourth-order valence-corrected chi connectivity index (χ4v) is 3.79. The number of hydrogen-bond acceptors (Lipinski definition) is 2. The second-order valence-corrected chi connectivity index (χ2v) is 10.1. The Morgan fingerprint density at radius 1 is 0.833 bits per heavy atom. The van der Waals surface area contributed by atoms with Crippen LogP contribution in [0, 0.1) is 0 Å². The zero-order valence-corrected chi connectivity index (χ0v) is 18.8. The van der Waals surface area contributed by atoms with Crippen LogP contribution in [-0.2, 0) is 13.1 Å². The van der Waals surface area contributed by atoms with Crippen LogP contribution in [0.25, 0.3) is 0 Å². The molecular weight excluding hydrogens is 372 g/mol. The summed E-state index contributed by atoms with van der Waals surface area (Å²) in [5.74, 6) is 0. The first-order valence-corrected chi connectivity index (χ1v) is 9.62. The maximum absolute atomic E-state index is 5.30. The lowest BCUT2D eigenvalue weighted by molar-refractivity contribution is 0.235. The second-order valence-electron chi connectivity index (χ2n) is 7.90. The van der Waals surface area contributed by atoms with Gasteiger partial charge in [0, 0.05) is 24.2 Å². The molecule has 0 bridgehead atoms. The summed E-state index contributed by atoms with van der Waals surface area (Å²) < 4.78 is 1.22. The molecule has 1 rings (SSSR count). The lowest BCUT2D eigenvalue weighted by atomic mass is 10.0. The van der Waals surface area contributed by atoms with Crippen molar-refractivity contribution in [3.05, 3.63) is 35.4 Å². The average molecular weight is 401 g/mol. The van der Waals surface area contributed by atoms with E-state index in [2.05, 4.69) is 101 Å². The van der Waals surface area contributed by atoms with Gasteiger partial charge in [-0.1, -0.05) is 48.7 Å². The van der Waals surface area contributed by atoms with Gasteiger partial charge in [-0.3, -0.25) is 0 Å². The van der Waals surface area contributed by atoms with Crippen molar-refractivity contribution in [3.8, 4) is 0 Å². The van der Waals surface area contributed by atoms with Crippen LogP contribution in [0.1, 0.15) is 52.7 Å². The van der Waals surface area contributed by atoms with Crippen LogP contribution in [0.3, 0.4) is 0 Å². The zero-order valence-electron chi connectivity index (χ0n) is 15.3. The number of thiocarbonyl (C=S) groups is 2. The molecule has 0 fully saturated rings. The molecule has 0 aliphatic heterocycles. The minimum atomic E-state index is -0.0705. The van der Waals surface area contributed by atoms with E-state index in [4.69, 9.17) is 24.4 Å². The van der Waals surface area contributed by atoms with Crippen molar-refractivity contribution in [2.24, 2.45) is 0 Å². The molecular formula is C18H28N2S4. The molecule has 134 valence electrons. The van der Waals surface area contributed by atoms with Crippen LogP contribution in [-0.4, -0.2) is 29.5 Å². The van der Waals surface area contributed by atoms with Crippen molar-refractivity contribution in [1.29, 1.82) is 0 Å². The van der Waals surface area contributed by atoms with Crippen LogP contribution in [0.5, 0.6) is 0 Å². The third-order valence-electron chi connectivity index (χ3n) is 3.75. The molecule has 6 heteroatoms. The van der Waals surface area contributed by atoms with Crippen molar-refractivity contribution in [2.45, 2.75) is 65.7 Å². The van der Waals surface area contributed by atoms with E-state index in [1.165, 1.54) is 11.1 Å². The molecule has 0 atom stereocenters. The van der Waals surface area contributed by atoms with E-state index in [9.17, 15) is 0 Å².